The van der Waals surface area contributed by atoms with Crippen LogP contribution < -0.4 is 0 Å². The number of benzene rings is 1. The molecule has 0 aliphatic carbocycles. The first-order chi connectivity index (χ1) is 16.2. The van der Waals surface area contributed by atoms with Gasteiger partial charge in [0, 0.05) is 18.0 Å². The van der Waals surface area contributed by atoms with Crippen molar-refractivity contribution < 1.29 is 8.78 Å². The molecule has 0 saturated carbocycles. The van der Waals surface area contributed by atoms with Crippen molar-refractivity contribution in [1.29, 1.82) is 0 Å². The van der Waals surface area contributed by atoms with Crippen LogP contribution in [0.4, 0.5) is 8.78 Å². The molecular formula is C29H42F2N2. The van der Waals surface area contributed by atoms with Gasteiger partial charge in [-0.15, -0.1) is 0 Å². The van der Waals surface area contributed by atoms with Gasteiger partial charge in [0.15, 0.2) is 17.5 Å². The number of allylic oxidation sites excluding steroid dienone is 1. The van der Waals surface area contributed by atoms with Crippen LogP contribution in [-0.2, 0) is 6.42 Å². The predicted molar refractivity (Wildman–Crippen MR) is 136 cm³/mol. The lowest BCUT2D eigenvalue weighted by molar-refractivity contribution is 0.509. The number of unbranched alkanes of at least 4 members (excludes halogenated alkanes) is 12. The lowest BCUT2D eigenvalue weighted by Crippen LogP contribution is -1.98. The van der Waals surface area contributed by atoms with Gasteiger partial charge in [0.2, 0.25) is 0 Å². The molecule has 0 bridgehead atoms. The van der Waals surface area contributed by atoms with Gasteiger partial charge in [0.05, 0.1) is 5.56 Å². The van der Waals surface area contributed by atoms with Crippen LogP contribution in [0, 0.1) is 11.6 Å². The van der Waals surface area contributed by atoms with Crippen molar-refractivity contribution in [2.45, 2.75) is 110 Å². The number of nitrogens with zero attached hydrogens (tertiary/aromatic N) is 2. The summed E-state index contributed by atoms with van der Waals surface area (Å²) in [5.74, 6) is -1.48. The molecule has 1 aromatic heterocycles. The van der Waals surface area contributed by atoms with Gasteiger partial charge in [0.1, 0.15) is 0 Å². The molecule has 1 aromatic carbocycles. The summed E-state index contributed by atoms with van der Waals surface area (Å²) in [5, 5.41) is 0. The van der Waals surface area contributed by atoms with Crippen LogP contribution in [0.3, 0.4) is 0 Å². The van der Waals surface area contributed by atoms with Gasteiger partial charge in [-0.3, -0.25) is 0 Å². The summed E-state index contributed by atoms with van der Waals surface area (Å²) in [6.07, 6.45) is 25.1. The van der Waals surface area contributed by atoms with Gasteiger partial charge in [-0.2, -0.15) is 0 Å². The minimum atomic E-state index is -0.879. The Bertz CT molecular complexity index is 815. The zero-order valence-electron chi connectivity index (χ0n) is 20.7. The van der Waals surface area contributed by atoms with Gasteiger partial charge in [-0.25, -0.2) is 18.7 Å². The standard InChI is InChI=1S/C29H42F2N2/c1-3-5-7-9-11-13-14-16-18-24-22-32-29(33-23-24)26-21-20-25(27(30)28(26)31)19-17-15-12-10-8-6-4-2/h17,19-23H,3-16,18H2,1-2H3/b19-17+. The summed E-state index contributed by atoms with van der Waals surface area (Å²) in [6, 6.07) is 3.19. The molecule has 182 valence electrons. The van der Waals surface area contributed by atoms with Gasteiger partial charge in [-0.1, -0.05) is 103 Å². The highest BCUT2D eigenvalue weighted by molar-refractivity contribution is 5.61. The van der Waals surface area contributed by atoms with E-state index in [4.69, 9.17) is 0 Å². The third kappa shape index (κ3) is 10.1. The highest BCUT2D eigenvalue weighted by Gasteiger charge is 2.15. The lowest BCUT2D eigenvalue weighted by atomic mass is 10.1. The minimum absolute atomic E-state index is 0.114. The van der Waals surface area contributed by atoms with E-state index in [1.54, 1.807) is 30.6 Å². The van der Waals surface area contributed by atoms with E-state index in [1.165, 1.54) is 70.6 Å². The van der Waals surface area contributed by atoms with Crippen molar-refractivity contribution in [1.82, 2.24) is 9.97 Å². The molecule has 0 unspecified atom stereocenters. The Morgan fingerprint density at radius 2 is 1.27 bits per heavy atom. The Hall–Kier alpha value is -2.10. The van der Waals surface area contributed by atoms with E-state index in [2.05, 4.69) is 23.8 Å². The molecule has 0 amide bonds. The maximum absolute atomic E-state index is 14.7. The summed E-state index contributed by atoms with van der Waals surface area (Å²) in [7, 11) is 0. The normalized spacial score (nSPS) is 11.5. The molecule has 0 radical (unpaired) electrons. The summed E-state index contributed by atoms with van der Waals surface area (Å²) in [4.78, 5) is 8.61. The third-order valence-corrected chi connectivity index (χ3v) is 6.15. The summed E-state index contributed by atoms with van der Waals surface area (Å²) < 4.78 is 29.2. The molecule has 0 N–H and O–H groups in total. The monoisotopic (exact) mass is 456 g/mol. The quantitative estimate of drug-likeness (QED) is 0.221. The van der Waals surface area contributed by atoms with Crippen LogP contribution in [0.15, 0.2) is 30.6 Å². The van der Waals surface area contributed by atoms with Gasteiger partial charge >= 0.3 is 0 Å². The number of aryl methyl sites for hydroxylation is 1. The van der Waals surface area contributed by atoms with Gasteiger partial charge in [0.25, 0.3) is 0 Å². The van der Waals surface area contributed by atoms with E-state index in [0.29, 0.717) is 0 Å². The minimum Gasteiger partial charge on any atom is -0.236 e. The number of aromatic nitrogens is 2. The molecule has 0 spiro atoms. The van der Waals surface area contributed by atoms with E-state index in [0.717, 1.165) is 31.2 Å². The van der Waals surface area contributed by atoms with E-state index >= 15 is 0 Å². The molecule has 2 aromatic rings. The molecule has 0 fully saturated rings. The fourth-order valence-corrected chi connectivity index (χ4v) is 4.03. The van der Waals surface area contributed by atoms with Crippen molar-refractivity contribution in [3.63, 3.8) is 0 Å². The molecule has 33 heavy (non-hydrogen) atoms. The molecule has 0 aliphatic rings. The smallest absolute Gasteiger partial charge is 0.170 e. The Kier molecular flexibility index (Phi) is 13.6. The highest BCUT2D eigenvalue weighted by Crippen LogP contribution is 2.25. The molecule has 0 saturated heterocycles. The lowest BCUT2D eigenvalue weighted by Gasteiger charge is -2.07. The maximum atomic E-state index is 14.7. The summed E-state index contributed by atoms with van der Waals surface area (Å²) in [6.45, 7) is 4.43. The number of hydrogen-bond donors (Lipinski definition) is 0. The number of hydrogen-bond acceptors (Lipinski definition) is 2. The molecule has 4 heteroatoms. The molecule has 2 rings (SSSR count). The Morgan fingerprint density at radius 3 is 1.91 bits per heavy atom. The van der Waals surface area contributed by atoms with Crippen LogP contribution in [0.5, 0.6) is 0 Å². The molecule has 0 aliphatic heterocycles. The van der Waals surface area contributed by atoms with Crippen LogP contribution in [0.1, 0.15) is 115 Å². The van der Waals surface area contributed by atoms with Crippen molar-refractivity contribution >= 4 is 6.08 Å². The Morgan fingerprint density at radius 1 is 0.697 bits per heavy atom. The van der Waals surface area contributed by atoms with Crippen molar-refractivity contribution in [2.75, 3.05) is 0 Å². The van der Waals surface area contributed by atoms with E-state index in [9.17, 15) is 8.78 Å². The fourth-order valence-electron chi connectivity index (χ4n) is 4.03. The van der Waals surface area contributed by atoms with Crippen molar-refractivity contribution in [2.24, 2.45) is 0 Å². The van der Waals surface area contributed by atoms with Crippen LogP contribution in [0.25, 0.3) is 17.5 Å². The Balaban J connectivity index is 1.82. The first-order valence-electron chi connectivity index (χ1n) is 13.1. The van der Waals surface area contributed by atoms with Crippen LogP contribution in [-0.4, -0.2) is 9.97 Å². The largest absolute Gasteiger partial charge is 0.236 e. The SMILES string of the molecule is CCCCCCC/C=C/c1ccc(-c2ncc(CCCCCCCCCC)cn2)c(F)c1F. The third-order valence-electron chi connectivity index (χ3n) is 6.15. The van der Waals surface area contributed by atoms with Gasteiger partial charge < -0.3 is 0 Å². The molecule has 2 nitrogen and oxygen atoms in total. The number of halogens is 2. The molecule has 1 heterocycles. The average molecular weight is 457 g/mol. The average Bonchev–Trinajstić information content (AvgIpc) is 2.83. The van der Waals surface area contributed by atoms with Gasteiger partial charge in [-0.05, 0) is 37.3 Å². The second-order valence-corrected chi connectivity index (χ2v) is 9.08. The van der Waals surface area contributed by atoms with Crippen molar-refractivity contribution in [3.8, 4) is 11.4 Å². The summed E-state index contributed by atoms with van der Waals surface area (Å²) >= 11 is 0. The topological polar surface area (TPSA) is 25.8 Å². The second kappa shape index (κ2) is 16.5. The first kappa shape index (κ1) is 27.1. The van der Waals surface area contributed by atoms with E-state index < -0.39 is 11.6 Å². The van der Waals surface area contributed by atoms with Crippen LogP contribution in [0.2, 0.25) is 0 Å². The van der Waals surface area contributed by atoms with Crippen LogP contribution >= 0.6 is 0 Å². The highest BCUT2D eigenvalue weighted by atomic mass is 19.2. The van der Waals surface area contributed by atoms with E-state index in [1.807, 2.05) is 6.08 Å². The summed E-state index contributed by atoms with van der Waals surface area (Å²) in [5.41, 5.74) is 1.43. The van der Waals surface area contributed by atoms with E-state index in [-0.39, 0.29) is 17.0 Å². The fraction of sp³-hybridized carbons (Fsp3) is 0.586. The molecular weight excluding hydrogens is 414 g/mol. The zero-order valence-corrected chi connectivity index (χ0v) is 20.7. The first-order valence-corrected chi connectivity index (χ1v) is 13.1. The van der Waals surface area contributed by atoms with Crippen molar-refractivity contribution in [3.05, 3.63) is 53.4 Å². The maximum Gasteiger partial charge on any atom is 0.170 e. The Labute approximate surface area is 200 Å². The second-order valence-electron chi connectivity index (χ2n) is 9.08. The number of rotatable bonds is 17. The molecule has 0 atom stereocenters. The zero-order chi connectivity index (χ0) is 23.7. The predicted octanol–water partition coefficient (Wildman–Crippen LogP) is 9.48.